The quantitative estimate of drug-likeness (QED) is 0.597. The van der Waals surface area contributed by atoms with E-state index in [0.717, 1.165) is 28.0 Å². The van der Waals surface area contributed by atoms with Gasteiger partial charge in [-0.05, 0) is 32.4 Å². The zero-order valence-corrected chi connectivity index (χ0v) is 18.9. The lowest BCUT2D eigenvalue weighted by Gasteiger charge is -2.34. The van der Waals surface area contributed by atoms with Crippen molar-refractivity contribution in [1.29, 1.82) is 0 Å². The molecule has 0 bridgehead atoms. The van der Waals surface area contributed by atoms with E-state index in [1.807, 2.05) is 39.0 Å². The number of hydrogen-bond acceptors (Lipinski definition) is 7. The summed E-state index contributed by atoms with van der Waals surface area (Å²) in [5.74, 6) is 1.57. The van der Waals surface area contributed by atoms with Crippen molar-refractivity contribution < 1.29 is 13.2 Å². The molecular weight excluding hydrogens is 416 g/mol. The average molecular weight is 445 g/mol. The summed E-state index contributed by atoms with van der Waals surface area (Å²) in [5, 5.41) is 8.44. The van der Waals surface area contributed by atoms with Gasteiger partial charge in [0.2, 0.25) is 15.9 Å². The number of fused-ring (bicyclic) bond motifs is 1. The molecule has 3 aromatic rings. The number of hydrogen-bond donors (Lipinski definition) is 1. The lowest BCUT2D eigenvalue weighted by Crippen LogP contribution is -2.49. The molecule has 0 aromatic carbocycles. The lowest BCUT2D eigenvalue weighted by molar-refractivity contribution is 0.233. The molecule has 0 atom stereocenters. The van der Waals surface area contributed by atoms with Crippen molar-refractivity contribution in [2.24, 2.45) is 0 Å². The molecule has 10 heteroatoms. The second-order valence-corrected chi connectivity index (χ2v) is 10.0. The molecule has 0 amide bonds. The normalized spacial score (nSPS) is 15.7. The van der Waals surface area contributed by atoms with Crippen LogP contribution in [-0.4, -0.2) is 70.9 Å². The molecule has 9 nitrogen and oxygen atoms in total. The van der Waals surface area contributed by atoms with E-state index in [4.69, 9.17) is 4.74 Å². The largest absolute Gasteiger partial charge is 0.475 e. The molecule has 166 valence electrons. The second-order valence-electron chi connectivity index (χ2n) is 7.91. The van der Waals surface area contributed by atoms with Crippen LogP contribution in [0.15, 0.2) is 30.6 Å². The van der Waals surface area contributed by atoms with Crippen LogP contribution in [0, 0.1) is 0 Å². The first-order valence-corrected chi connectivity index (χ1v) is 12.2. The summed E-state index contributed by atoms with van der Waals surface area (Å²) in [7, 11) is -3.17. The Kier molecular flexibility index (Phi) is 6.10. The molecule has 3 aromatic heterocycles. The zero-order chi connectivity index (χ0) is 22.0. The van der Waals surface area contributed by atoms with Gasteiger partial charge in [-0.3, -0.25) is 5.10 Å². The fraction of sp³-hybridized carbons (Fsp3) is 0.476. The molecule has 1 saturated heterocycles. The maximum absolute atomic E-state index is 12.3. The van der Waals surface area contributed by atoms with Gasteiger partial charge in [-0.25, -0.2) is 18.4 Å². The van der Waals surface area contributed by atoms with Gasteiger partial charge in [0.05, 0.1) is 23.6 Å². The van der Waals surface area contributed by atoms with Crippen LogP contribution in [0.2, 0.25) is 0 Å². The first-order chi connectivity index (χ1) is 14.9. The van der Waals surface area contributed by atoms with E-state index < -0.39 is 10.0 Å². The Balaban J connectivity index is 1.56. The number of aromatic amines is 1. The van der Waals surface area contributed by atoms with Crippen molar-refractivity contribution in [3.8, 4) is 17.1 Å². The minimum absolute atomic E-state index is 0.0348. The van der Waals surface area contributed by atoms with Gasteiger partial charge in [0.15, 0.2) is 0 Å². The zero-order valence-electron chi connectivity index (χ0n) is 18.1. The fourth-order valence-corrected chi connectivity index (χ4v) is 5.24. The van der Waals surface area contributed by atoms with Crippen LogP contribution in [0.5, 0.6) is 5.88 Å². The van der Waals surface area contributed by atoms with E-state index in [1.165, 1.54) is 0 Å². The molecule has 0 aliphatic carbocycles. The number of piperazine rings is 1. The Morgan fingerprint density at radius 1 is 1.16 bits per heavy atom. The number of ether oxygens (including phenoxy) is 1. The highest BCUT2D eigenvalue weighted by Gasteiger charge is 2.26. The molecule has 1 fully saturated rings. The molecule has 1 N–H and O–H groups in total. The number of H-pyrrole nitrogens is 1. The van der Waals surface area contributed by atoms with Crippen molar-refractivity contribution in [3.05, 3.63) is 30.6 Å². The number of pyridine rings is 2. The van der Waals surface area contributed by atoms with Gasteiger partial charge in [-0.1, -0.05) is 6.92 Å². The molecule has 31 heavy (non-hydrogen) atoms. The SMILES string of the molecule is CCCS(=O)(=O)N1CCN(c2cc(-c3n[nH]c4cnc(OC(C)C)cc34)ccn2)CC1. The predicted molar refractivity (Wildman–Crippen MR) is 121 cm³/mol. The summed E-state index contributed by atoms with van der Waals surface area (Å²) in [6, 6.07) is 5.81. The first-order valence-electron chi connectivity index (χ1n) is 10.6. The first kappa shape index (κ1) is 21.5. The van der Waals surface area contributed by atoms with Crippen molar-refractivity contribution in [2.45, 2.75) is 33.3 Å². The van der Waals surface area contributed by atoms with Crippen LogP contribution in [0.25, 0.3) is 22.2 Å². The third-order valence-electron chi connectivity index (χ3n) is 5.22. The van der Waals surface area contributed by atoms with Gasteiger partial charge in [0.25, 0.3) is 0 Å². The Morgan fingerprint density at radius 2 is 1.94 bits per heavy atom. The van der Waals surface area contributed by atoms with Gasteiger partial charge in [-0.2, -0.15) is 9.40 Å². The average Bonchev–Trinajstić information content (AvgIpc) is 3.17. The molecule has 0 saturated carbocycles. The monoisotopic (exact) mass is 444 g/mol. The van der Waals surface area contributed by atoms with Crippen LogP contribution >= 0.6 is 0 Å². The molecule has 0 unspecified atom stereocenters. The number of nitrogens with one attached hydrogen (secondary N) is 1. The van der Waals surface area contributed by atoms with Crippen LogP contribution in [0.3, 0.4) is 0 Å². The van der Waals surface area contributed by atoms with Crippen molar-refractivity contribution in [1.82, 2.24) is 24.5 Å². The maximum Gasteiger partial charge on any atom is 0.214 e. The lowest BCUT2D eigenvalue weighted by atomic mass is 10.1. The highest BCUT2D eigenvalue weighted by atomic mass is 32.2. The highest BCUT2D eigenvalue weighted by Crippen LogP contribution is 2.30. The number of sulfonamides is 1. The van der Waals surface area contributed by atoms with Crippen LogP contribution in [0.1, 0.15) is 27.2 Å². The summed E-state index contributed by atoms with van der Waals surface area (Å²) < 4.78 is 32.0. The number of aromatic nitrogens is 4. The summed E-state index contributed by atoms with van der Waals surface area (Å²) in [6.07, 6.45) is 4.15. The van der Waals surface area contributed by atoms with Gasteiger partial charge in [-0.15, -0.1) is 0 Å². The summed E-state index contributed by atoms with van der Waals surface area (Å²) >= 11 is 0. The van der Waals surface area contributed by atoms with Crippen LogP contribution in [0.4, 0.5) is 5.82 Å². The summed E-state index contributed by atoms with van der Waals surface area (Å²) in [4.78, 5) is 10.9. The third-order valence-corrected chi connectivity index (χ3v) is 7.29. The highest BCUT2D eigenvalue weighted by molar-refractivity contribution is 7.89. The molecule has 0 radical (unpaired) electrons. The third kappa shape index (κ3) is 4.64. The second kappa shape index (κ2) is 8.80. The van der Waals surface area contributed by atoms with Gasteiger partial charge >= 0.3 is 0 Å². The molecule has 1 aliphatic rings. The molecule has 4 heterocycles. The topological polar surface area (TPSA) is 104 Å². The Morgan fingerprint density at radius 3 is 2.65 bits per heavy atom. The minimum Gasteiger partial charge on any atom is -0.475 e. The van der Waals surface area contributed by atoms with Gasteiger partial charge < -0.3 is 9.64 Å². The number of rotatable bonds is 7. The van der Waals surface area contributed by atoms with Gasteiger partial charge in [0, 0.05) is 49.4 Å². The van der Waals surface area contributed by atoms with E-state index >= 15 is 0 Å². The number of nitrogens with zero attached hydrogens (tertiary/aromatic N) is 5. The van der Waals surface area contributed by atoms with Crippen molar-refractivity contribution >= 4 is 26.7 Å². The molecular formula is C21H28N6O3S. The summed E-state index contributed by atoms with van der Waals surface area (Å²) in [6.45, 7) is 7.97. The van der Waals surface area contributed by atoms with Gasteiger partial charge in [0.1, 0.15) is 11.5 Å². The predicted octanol–water partition coefficient (Wildman–Crippen LogP) is 2.67. The molecule has 1 aliphatic heterocycles. The van der Waals surface area contributed by atoms with Crippen molar-refractivity contribution in [2.75, 3.05) is 36.8 Å². The minimum atomic E-state index is -3.17. The van der Waals surface area contributed by atoms with E-state index in [-0.39, 0.29) is 11.9 Å². The smallest absolute Gasteiger partial charge is 0.214 e. The van der Waals surface area contributed by atoms with Crippen molar-refractivity contribution in [3.63, 3.8) is 0 Å². The van der Waals surface area contributed by atoms with E-state index in [2.05, 4.69) is 25.1 Å². The summed E-state index contributed by atoms with van der Waals surface area (Å²) in [5.41, 5.74) is 2.57. The number of anilines is 1. The Hall–Kier alpha value is -2.72. The van der Waals surface area contributed by atoms with Crippen LogP contribution in [-0.2, 0) is 10.0 Å². The molecule has 4 rings (SSSR count). The van der Waals surface area contributed by atoms with E-state index in [9.17, 15) is 8.42 Å². The van der Waals surface area contributed by atoms with E-state index in [0.29, 0.717) is 38.5 Å². The molecule has 0 spiro atoms. The van der Waals surface area contributed by atoms with Crippen LogP contribution < -0.4 is 9.64 Å². The standard InChI is InChI=1S/C21H28N6O3S/c1-4-11-31(28,29)27-9-7-26(8-10-27)19-12-16(5-6-22-19)21-17-13-20(30-15(2)3)23-14-18(17)24-25-21/h5-6,12-15H,4,7-11H2,1-3H3,(H,24,25). The Labute approximate surface area is 182 Å². The fourth-order valence-electron chi connectivity index (χ4n) is 3.74. The Bertz CT molecular complexity index is 1150. The maximum atomic E-state index is 12.3. The van der Waals surface area contributed by atoms with E-state index in [1.54, 1.807) is 16.7 Å².